The summed E-state index contributed by atoms with van der Waals surface area (Å²) < 4.78 is 12.7. The smallest absolute Gasteiger partial charge is 0.250 e. The largest absolute Gasteiger partial charge is 0.493 e. The molecule has 1 aromatic heterocycles. The number of hydrogen-bond acceptors (Lipinski definition) is 7. The number of ether oxygens (including phenoxy) is 2. The molecule has 0 bridgehead atoms. The Bertz CT molecular complexity index is 1400. The van der Waals surface area contributed by atoms with Gasteiger partial charge < -0.3 is 9.47 Å². The Hall–Kier alpha value is -3.53. The number of methoxy groups -OCH3 is 2. The maximum Gasteiger partial charge on any atom is 0.250 e. The molecule has 0 saturated heterocycles. The molecular formula is C25H21Cl2N5O3S. The van der Waals surface area contributed by atoms with E-state index in [-0.39, 0.29) is 11.7 Å². The van der Waals surface area contributed by atoms with Gasteiger partial charge in [0.15, 0.2) is 22.5 Å². The maximum atomic E-state index is 12.4. The molecule has 0 unspecified atom stereocenters. The molecule has 184 valence electrons. The number of nitrogens with zero attached hydrogens (tertiary/aromatic N) is 4. The van der Waals surface area contributed by atoms with Crippen LogP contribution in [0.5, 0.6) is 11.5 Å². The van der Waals surface area contributed by atoms with Gasteiger partial charge in [-0.3, -0.25) is 9.36 Å². The Kier molecular flexibility index (Phi) is 8.48. The van der Waals surface area contributed by atoms with Crippen LogP contribution >= 0.6 is 35.0 Å². The van der Waals surface area contributed by atoms with Crippen LogP contribution in [0.4, 0.5) is 0 Å². The van der Waals surface area contributed by atoms with Crippen LogP contribution in [0.15, 0.2) is 77.0 Å². The highest BCUT2D eigenvalue weighted by Crippen LogP contribution is 2.34. The lowest BCUT2D eigenvalue weighted by Crippen LogP contribution is -2.20. The predicted octanol–water partition coefficient (Wildman–Crippen LogP) is 5.50. The van der Waals surface area contributed by atoms with Crippen molar-refractivity contribution >= 4 is 47.1 Å². The number of carbonyl (C=O) groups excluding carboxylic acids is 1. The fourth-order valence-electron chi connectivity index (χ4n) is 3.29. The molecule has 8 nitrogen and oxygen atoms in total. The van der Waals surface area contributed by atoms with Crippen LogP contribution in [0, 0.1) is 0 Å². The third-order valence-electron chi connectivity index (χ3n) is 5.00. The molecule has 4 aromatic rings. The quantitative estimate of drug-likeness (QED) is 0.171. The third-order valence-corrected chi connectivity index (χ3v) is 6.76. The van der Waals surface area contributed by atoms with Crippen LogP contribution in [0.1, 0.15) is 5.56 Å². The van der Waals surface area contributed by atoms with Crippen molar-refractivity contribution in [3.8, 4) is 28.6 Å². The van der Waals surface area contributed by atoms with Crippen molar-refractivity contribution in [2.75, 3.05) is 20.0 Å². The lowest BCUT2D eigenvalue weighted by atomic mass is 10.2. The van der Waals surface area contributed by atoms with Gasteiger partial charge in [0.25, 0.3) is 5.91 Å². The summed E-state index contributed by atoms with van der Waals surface area (Å²) in [6.07, 6.45) is 1.44. The minimum Gasteiger partial charge on any atom is -0.493 e. The van der Waals surface area contributed by atoms with Crippen LogP contribution < -0.4 is 14.9 Å². The van der Waals surface area contributed by atoms with Crippen LogP contribution in [0.25, 0.3) is 17.1 Å². The fraction of sp³-hybridized carbons (Fsp3) is 0.120. The molecular weight excluding hydrogens is 521 g/mol. The van der Waals surface area contributed by atoms with Crippen LogP contribution in [-0.4, -0.2) is 46.9 Å². The van der Waals surface area contributed by atoms with Crippen molar-refractivity contribution in [2.45, 2.75) is 5.16 Å². The van der Waals surface area contributed by atoms with Crippen molar-refractivity contribution in [1.82, 2.24) is 20.2 Å². The summed E-state index contributed by atoms with van der Waals surface area (Å²) in [6.45, 7) is 0. The van der Waals surface area contributed by atoms with Gasteiger partial charge in [-0.15, -0.1) is 10.2 Å². The van der Waals surface area contributed by atoms with Gasteiger partial charge in [0, 0.05) is 16.8 Å². The number of nitrogens with one attached hydrogen (secondary N) is 1. The zero-order valence-electron chi connectivity index (χ0n) is 19.3. The summed E-state index contributed by atoms with van der Waals surface area (Å²) in [5.74, 6) is 1.53. The average Bonchev–Trinajstić information content (AvgIpc) is 3.34. The molecule has 1 heterocycles. The molecule has 0 aliphatic carbocycles. The molecule has 0 saturated carbocycles. The summed E-state index contributed by atoms with van der Waals surface area (Å²) in [5, 5.41) is 14.0. The highest BCUT2D eigenvalue weighted by atomic mass is 35.5. The Balaban J connectivity index is 1.54. The zero-order chi connectivity index (χ0) is 25.5. The second-order valence-corrected chi connectivity index (χ2v) is 9.00. The van der Waals surface area contributed by atoms with Crippen LogP contribution in [0.2, 0.25) is 10.0 Å². The standard InChI is InChI=1S/C25H21Cl2N5O3S/c1-34-20-12-11-16(13-21(20)35-2)24-30-31-25(32(24)18-8-4-3-5-9-18)36-15-22(33)29-28-14-17-7-6-10-19(26)23(17)27/h3-14H,15H2,1-2H3,(H,29,33). The first kappa shape index (κ1) is 25.6. The molecule has 1 N–H and O–H groups in total. The van der Waals surface area contributed by atoms with Crippen LogP contribution in [0.3, 0.4) is 0 Å². The van der Waals surface area contributed by atoms with Gasteiger partial charge in [-0.2, -0.15) is 5.10 Å². The third kappa shape index (κ3) is 5.81. The van der Waals surface area contributed by atoms with Gasteiger partial charge in [0.05, 0.1) is 36.2 Å². The van der Waals surface area contributed by atoms with E-state index in [1.165, 1.54) is 18.0 Å². The number of amides is 1. The van der Waals surface area contributed by atoms with E-state index in [9.17, 15) is 4.79 Å². The first-order chi connectivity index (χ1) is 17.5. The van der Waals surface area contributed by atoms with Gasteiger partial charge in [-0.1, -0.05) is 65.3 Å². The van der Waals surface area contributed by atoms with Crippen molar-refractivity contribution in [2.24, 2.45) is 5.10 Å². The van der Waals surface area contributed by atoms with Gasteiger partial charge in [-0.25, -0.2) is 5.43 Å². The minimum absolute atomic E-state index is 0.0670. The van der Waals surface area contributed by atoms with Crippen molar-refractivity contribution in [3.05, 3.63) is 82.3 Å². The van der Waals surface area contributed by atoms with Crippen molar-refractivity contribution in [3.63, 3.8) is 0 Å². The molecule has 3 aromatic carbocycles. The van der Waals surface area contributed by atoms with Crippen molar-refractivity contribution < 1.29 is 14.3 Å². The minimum atomic E-state index is -0.315. The normalized spacial score (nSPS) is 11.0. The molecule has 4 rings (SSSR count). The summed E-state index contributed by atoms with van der Waals surface area (Å²) in [4.78, 5) is 12.4. The average molecular weight is 542 g/mol. The molecule has 36 heavy (non-hydrogen) atoms. The number of para-hydroxylation sites is 1. The van der Waals surface area contributed by atoms with Crippen molar-refractivity contribution in [1.29, 1.82) is 0 Å². The van der Waals surface area contributed by atoms with Gasteiger partial charge in [0.2, 0.25) is 0 Å². The first-order valence-electron chi connectivity index (χ1n) is 10.6. The van der Waals surface area contributed by atoms with E-state index in [4.69, 9.17) is 32.7 Å². The molecule has 0 fully saturated rings. The molecule has 0 radical (unpaired) electrons. The van der Waals surface area contributed by atoms with Gasteiger partial charge >= 0.3 is 0 Å². The zero-order valence-corrected chi connectivity index (χ0v) is 21.6. The second-order valence-electron chi connectivity index (χ2n) is 7.27. The van der Waals surface area contributed by atoms with E-state index >= 15 is 0 Å². The summed E-state index contributed by atoms with van der Waals surface area (Å²) in [7, 11) is 3.16. The van der Waals surface area contributed by atoms with E-state index in [0.29, 0.717) is 38.1 Å². The Morgan fingerprint density at radius 2 is 1.81 bits per heavy atom. The number of hydrogen-bond donors (Lipinski definition) is 1. The lowest BCUT2D eigenvalue weighted by molar-refractivity contribution is -0.118. The Morgan fingerprint density at radius 1 is 1.03 bits per heavy atom. The number of aromatic nitrogens is 3. The molecule has 11 heteroatoms. The number of carbonyl (C=O) groups is 1. The second kappa shape index (κ2) is 11.9. The Morgan fingerprint density at radius 3 is 2.56 bits per heavy atom. The molecule has 0 aliphatic heterocycles. The molecule has 1 amide bonds. The molecule has 0 spiro atoms. The fourth-order valence-corrected chi connectivity index (χ4v) is 4.39. The maximum absolute atomic E-state index is 12.4. The predicted molar refractivity (Wildman–Crippen MR) is 143 cm³/mol. The summed E-state index contributed by atoms with van der Waals surface area (Å²) >= 11 is 13.4. The number of rotatable bonds is 9. The highest BCUT2D eigenvalue weighted by molar-refractivity contribution is 7.99. The monoisotopic (exact) mass is 541 g/mol. The first-order valence-corrected chi connectivity index (χ1v) is 12.4. The topological polar surface area (TPSA) is 90.6 Å². The number of benzene rings is 3. The summed E-state index contributed by atoms with van der Waals surface area (Å²) in [6, 6.07) is 20.3. The number of hydrazone groups is 1. The molecule has 0 atom stereocenters. The van der Waals surface area contributed by atoms with E-state index < -0.39 is 0 Å². The van der Waals surface area contributed by atoms with Crippen LogP contribution in [-0.2, 0) is 4.79 Å². The number of thioether (sulfide) groups is 1. The Labute approximate surface area is 222 Å². The van der Waals surface area contributed by atoms with Gasteiger partial charge in [-0.05, 0) is 36.4 Å². The van der Waals surface area contributed by atoms with Gasteiger partial charge in [0.1, 0.15) is 0 Å². The van der Waals surface area contributed by atoms with E-state index in [0.717, 1.165) is 11.3 Å². The molecule has 0 aliphatic rings. The highest BCUT2D eigenvalue weighted by Gasteiger charge is 2.18. The summed E-state index contributed by atoms with van der Waals surface area (Å²) in [5.41, 5.74) is 4.72. The lowest BCUT2D eigenvalue weighted by Gasteiger charge is -2.12. The van der Waals surface area contributed by atoms with E-state index in [1.54, 1.807) is 32.4 Å². The van der Waals surface area contributed by atoms with E-state index in [2.05, 4.69) is 20.7 Å². The number of halogens is 2. The van der Waals surface area contributed by atoms with E-state index in [1.807, 2.05) is 53.1 Å². The SMILES string of the molecule is COc1ccc(-c2nnc(SCC(=O)NN=Cc3cccc(Cl)c3Cl)n2-c2ccccc2)cc1OC.